The molecule has 0 aliphatic carbocycles. The second-order valence-electron chi connectivity index (χ2n) is 4.75. The molecule has 0 radical (unpaired) electrons. The van der Waals surface area contributed by atoms with E-state index in [4.69, 9.17) is 0 Å². The number of nitrogens with zero attached hydrogens (tertiary/aromatic N) is 3. The summed E-state index contributed by atoms with van der Waals surface area (Å²) in [7, 11) is 1.29. The molecule has 0 bridgehead atoms. The third-order valence-corrected chi connectivity index (χ3v) is 3.33. The number of hydrogen-bond donors (Lipinski definition) is 0. The Balaban J connectivity index is 2.20. The number of rotatable bonds is 2. The number of alkyl halides is 3. The van der Waals surface area contributed by atoms with Crippen molar-refractivity contribution in [2.75, 3.05) is 25.1 Å². The van der Waals surface area contributed by atoms with Gasteiger partial charge in [-0.15, -0.1) is 0 Å². The van der Waals surface area contributed by atoms with Gasteiger partial charge in [0, 0.05) is 19.3 Å². The summed E-state index contributed by atoms with van der Waals surface area (Å²) >= 11 is 0. The standard InChI is InChI=1S/C12H14F3N3O2/c1-7-5-18(6-8(7)10(19)20-2)11-16-4-3-9(17-11)12(13,14)15/h3-4,7-8H,5-6H2,1-2H3. The van der Waals surface area contributed by atoms with E-state index in [1.54, 1.807) is 4.90 Å². The monoisotopic (exact) mass is 289 g/mol. The van der Waals surface area contributed by atoms with Crippen LogP contribution in [0.4, 0.5) is 19.1 Å². The summed E-state index contributed by atoms with van der Waals surface area (Å²) in [6, 6.07) is 0.820. The minimum Gasteiger partial charge on any atom is -0.469 e. The molecule has 0 spiro atoms. The Kier molecular flexibility index (Phi) is 3.82. The minimum atomic E-state index is -4.51. The minimum absolute atomic E-state index is 0.0157. The van der Waals surface area contributed by atoms with Crippen molar-refractivity contribution in [2.24, 2.45) is 11.8 Å². The zero-order chi connectivity index (χ0) is 14.9. The largest absolute Gasteiger partial charge is 0.469 e. The van der Waals surface area contributed by atoms with E-state index in [1.165, 1.54) is 7.11 Å². The lowest BCUT2D eigenvalue weighted by Crippen LogP contribution is -2.26. The maximum absolute atomic E-state index is 12.6. The van der Waals surface area contributed by atoms with Crippen LogP contribution in [0.1, 0.15) is 12.6 Å². The fourth-order valence-electron chi connectivity index (χ4n) is 2.25. The molecule has 1 aliphatic rings. The number of anilines is 1. The highest BCUT2D eigenvalue weighted by atomic mass is 19.4. The van der Waals surface area contributed by atoms with Crippen LogP contribution in [0, 0.1) is 11.8 Å². The molecule has 1 aromatic heterocycles. The van der Waals surface area contributed by atoms with E-state index >= 15 is 0 Å². The third kappa shape index (κ3) is 2.83. The topological polar surface area (TPSA) is 55.3 Å². The Morgan fingerprint density at radius 2 is 2.15 bits per heavy atom. The maximum Gasteiger partial charge on any atom is 0.433 e. The summed E-state index contributed by atoms with van der Waals surface area (Å²) in [5.74, 6) is -0.788. The number of halogens is 3. The van der Waals surface area contributed by atoms with Crippen molar-refractivity contribution in [3.63, 3.8) is 0 Å². The second kappa shape index (κ2) is 5.26. The van der Waals surface area contributed by atoms with Crippen LogP contribution in [0.15, 0.2) is 12.3 Å². The molecule has 110 valence electrons. The van der Waals surface area contributed by atoms with E-state index in [1.807, 2.05) is 6.92 Å². The smallest absolute Gasteiger partial charge is 0.433 e. The van der Waals surface area contributed by atoms with Crippen molar-refractivity contribution in [2.45, 2.75) is 13.1 Å². The average Bonchev–Trinajstić information content (AvgIpc) is 2.79. The number of aromatic nitrogens is 2. The van der Waals surface area contributed by atoms with Gasteiger partial charge in [0.1, 0.15) is 5.69 Å². The van der Waals surface area contributed by atoms with E-state index in [-0.39, 0.29) is 30.3 Å². The van der Waals surface area contributed by atoms with E-state index in [0.29, 0.717) is 6.54 Å². The van der Waals surface area contributed by atoms with Crippen LogP contribution in [0.25, 0.3) is 0 Å². The first-order valence-corrected chi connectivity index (χ1v) is 6.06. The molecule has 0 amide bonds. The van der Waals surface area contributed by atoms with Crippen LogP contribution in [0.5, 0.6) is 0 Å². The summed E-state index contributed by atoms with van der Waals surface area (Å²) in [6.45, 7) is 2.52. The number of carbonyl (C=O) groups is 1. The summed E-state index contributed by atoms with van der Waals surface area (Å²) in [5.41, 5.74) is -0.989. The van der Waals surface area contributed by atoms with Gasteiger partial charge in [-0.3, -0.25) is 4.79 Å². The number of hydrogen-bond acceptors (Lipinski definition) is 5. The van der Waals surface area contributed by atoms with Crippen LogP contribution in [-0.4, -0.2) is 36.1 Å². The molecule has 2 rings (SSSR count). The highest BCUT2D eigenvalue weighted by Gasteiger charge is 2.38. The first-order chi connectivity index (χ1) is 9.32. The molecule has 20 heavy (non-hydrogen) atoms. The van der Waals surface area contributed by atoms with Gasteiger partial charge in [0.2, 0.25) is 5.95 Å². The molecule has 2 atom stereocenters. The maximum atomic E-state index is 12.6. The van der Waals surface area contributed by atoms with Crippen molar-refractivity contribution >= 4 is 11.9 Å². The predicted molar refractivity (Wildman–Crippen MR) is 63.9 cm³/mol. The van der Waals surface area contributed by atoms with Crippen molar-refractivity contribution in [3.05, 3.63) is 18.0 Å². The van der Waals surface area contributed by atoms with Gasteiger partial charge in [0.05, 0.1) is 13.0 Å². The Labute approximate surface area is 113 Å². The SMILES string of the molecule is COC(=O)C1CN(c2nccc(C(F)(F)F)n2)CC1C. The first-order valence-electron chi connectivity index (χ1n) is 6.06. The molecule has 5 nitrogen and oxygen atoms in total. The molecule has 1 aliphatic heterocycles. The molecular formula is C12H14F3N3O2. The average molecular weight is 289 g/mol. The molecular weight excluding hydrogens is 275 g/mol. The Morgan fingerprint density at radius 3 is 2.75 bits per heavy atom. The predicted octanol–water partition coefficient (Wildman–Crippen LogP) is 1.74. The van der Waals surface area contributed by atoms with Gasteiger partial charge < -0.3 is 9.64 Å². The van der Waals surface area contributed by atoms with E-state index in [2.05, 4.69) is 14.7 Å². The van der Waals surface area contributed by atoms with Gasteiger partial charge in [-0.1, -0.05) is 6.92 Å². The molecule has 1 aromatic rings. The zero-order valence-corrected chi connectivity index (χ0v) is 11.0. The summed E-state index contributed by atoms with van der Waals surface area (Å²) in [6.07, 6.45) is -3.44. The van der Waals surface area contributed by atoms with Crippen LogP contribution >= 0.6 is 0 Å². The van der Waals surface area contributed by atoms with Gasteiger partial charge >= 0.3 is 12.1 Å². The molecule has 2 unspecified atom stereocenters. The quantitative estimate of drug-likeness (QED) is 0.776. The Bertz CT molecular complexity index is 507. The van der Waals surface area contributed by atoms with E-state index in [9.17, 15) is 18.0 Å². The number of esters is 1. The highest BCUT2D eigenvalue weighted by Crippen LogP contribution is 2.30. The van der Waals surface area contributed by atoms with Crippen LogP contribution in [0.2, 0.25) is 0 Å². The molecule has 0 N–H and O–H groups in total. The second-order valence-corrected chi connectivity index (χ2v) is 4.75. The summed E-state index contributed by atoms with van der Waals surface area (Å²) < 4.78 is 42.5. The molecule has 0 aromatic carbocycles. The zero-order valence-electron chi connectivity index (χ0n) is 11.0. The van der Waals surface area contributed by atoms with Crippen molar-refractivity contribution in [1.29, 1.82) is 0 Å². The molecule has 2 heterocycles. The normalized spacial score (nSPS) is 22.9. The lowest BCUT2D eigenvalue weighted by Gasteiger charge is -2.16. The fraction of sp³-hybridized carbons (Fsp3) is 0.583. The number of ether oxygens (including phenoxy) is 1. The van der Waals surface area contributed by atoms with Gasteiger partial charge in [0.25, 0.3) is 0 Å². The van der Waals surface area contributed by atoms with E-state index < -0.39 is 11.9 Å². The van der Waals surface area contributed by atoms with Crippen LogP contribution in [-0.2, 0) is 15.7 Å². The lowest BCUT2D eigenvalue weighted by atomic mass is 9.99. The van der Waals surface area contributed by atoms with Gasteiger partial charge in [-0.2, -0.15) is 13.2 Å². The Hall–Kier alpha value is -1.86. The van der Waals surface area contributed by atoms with Crippen LogP contribution in [0.3, 0.4) is 0 Å². The highest BCUT2D eigenvalue weighted by molar-refractivity contribution is 5.74. The van der Waals surface area contributed by atoms with Gasteiger partial charge in [-0.25, -0.2) is 9.97 Å². The number of carbonyl (C=O) groups excluding carboxylic acids is 1. The number of methoxy groups -OCH3 is 1. The fourth-order valence-corrected chi connectivity index (χ4v) is 2.25. The van der Waals surface area contributed by atoms with Crippen LogP contribution < -0.4 is 4.90 Å². The van der Waals surface area contributed by atoms with E-state index in [0.717, 1.165) is 12.3 Å². The van der Waals surface area contributed by atoms with Crippen molar-refractivity contribution in [3.8, 4) is 0 Å². The van der Waals surface area contributed by atoms with Crippen molar-refractivity contribution in [1.82, 2.24) is 9.97 Å². The van der Waals surface area contributed by atoms with Gasteiger partial charge in [0.15, 0.2) is 0 Å². The van der Waals surface area contributed by atoms with Gasteiger partial charge in [-0.05, 0) is 12.0 Å². The first kappa shape index (κ1) is 14.5. The third-order valence-electron chi connectivity index (χ3n) is 3.33. The Morgan fingerprint density at radius 1 is 1.45 bits per heavy atom. The lowest BCUT2D eigenvalue weighted by molar-refractivity contribution is -0.146. The molecule has 1 fully saturated rings. The molecule has 1 saturated heterocycles. The van der Waals surface area contributed by atoms with Crippen molar-refractivity contribution < 1.29 is 22.7 Å². The molecule has 8 heteroatoms. The molecule has 0 saturated carbocycles. The summed E-state index contributed by atoms with van der Waals surface area (Å²) in [5, 5.41) is 0. The summed E-state index contributed by atoms with van der Waals surface area (Å²) in [4.78, 5) is 20.5.